The smallest absolute Gasteiger partial charge is 0.395 e. The number of carbonyl (C=O) groups excluding carboxylic acids is 1. The van der Waals surface area contributed by atoms with E-state index in [-0.39, 0.29) is 31.1 Å². The minimum absolute atomic E-state index is 0.000921. The molecule has 34 heavy (non-hydrogen) atoms. The van der Waals surface area contributed by atoms with Crippen LogP contribution in [-0.4, -0.2) is 60.9 Å². The highest BCUT2D eigenvalue weighted by Crippen LogP contribution is 2.66. The molecule has 1 saturated carbocycles. The highest BCUT2D eigenvalue weighted by atomic mass is 19.4. The SMILES string of the molecule is COc1ccc(C(CC(=O)NC[C@H](Cc2ccc(O)cc2C)N(C)C)C2(C(F)(F)F)CC2)cn1. The maximum Gasteiger partial charge on any atom is 0.395 e. The van der Waals surface area contributed by atoms with Crippen LogP contribution in [0.4, 0.5) is 13.2 Å². The van der Waals surface area contributed by atoms with Crippen molar-refractivity contribution in [2.24, 2.45) is 5.41 Å². The number of phenols is 1. The number of aryl methyl sites for hydroxylation is 1. The van der Waals surface area contributed by atoms with Crippen LogP contribution in [0.25, 0.3) is 0 Å². The van der Waals surface area contributed by atoms with Gasteiger partial charge in [-0.2, -0.15) is 13.2 Å². The standard InChI is InChI=1S/C25H32F3N3O3/c1-16-11-20(32)7-5-17(16)12-19(31(2)3)15-29-22(33)13-21(24(9-10-24)25(26,27)28)18-6-8-23(34-4)30-14-18/h5-8,11,14,19,21,32H,9-10,12-13,15H2,1-4H3,(H,29,33)/t19-,21?/m0/s1. The number of alkyl halides is 3. The van der Waals surface area contributed by atoms with Crippen LogP contribution in [0.15, 0.2) is 36.5 Å². The minimum atomic E-state index is -4.40. The zero-order chi connectivity index (χ0) is 25.1. The van der Waals surface area contributed by atoms with Gasteiger partial charge in [0.1, 0.15) is 5.75 Å². The van der Waals surface area contributed by atoms with Gasteiger partial charge in [-0.1, -0.05) is 12.1 Å². The van der Waals surface area contributed by atoms with Gasteiger partial charge in [-0.05, 0) is 69.1 Å². The highest BCUT2D eigenvalue weighted by Gasteiger charge is 2.67. The molecule has 1 heterocycles. The Hall–Kier alpha value is -2.81. The fourth-order valence-electron chi connectivity index (χ4n) is 4.40. The Labute approximate surface area is 198 Å². The molecule has 1 amide bonds. The average Bonchev–Trinajstić information content (AvgIpc) is 3.58. The lowest BCUT2D eigenvalue weighted by Crippen LogP contribution is -2.43. The van der Waals surface area contributed by atoms with Crippen molar-refractivity contribution in [3.63, 3.8) is 0 Å². The summed E-state index contributed by atoms with van der Waals surface area (Å²) in [6, 6.07) is 8.16. The molecule has 1 aromatic carbocycles. The Bertz CT molecular complexity index is 989. The second-order valence-electron chi connectivity index (χ2n) is 9.28. The van der Waals surface area contributed by atoms with Gasteiger partial charge in [0.15, 0.2) is 0 Å². The van der Waals surface area contributed by atoms with Gasteiger partial charge in [-0.25, -0.2) is 4.98 Å². The molecule has 2 atom stereocenters. The van der Waals surface area contributed by atoms with Gasteiger partial charge in [-0.3, -0.25) is 4.79 Å². The lowest BCUT2D eigenvalue weighted by Gasteiger charge is -2.30. The molecule has 3 rings (SSSR count). The summed E-state index contributed by atoms with van der Waals surface area (Å²) in [5.41, 5.74) is 0.452. The van der Waals surface area contributed by atoms with Crippen molar-refractivity contribution in [1.29, 1.82) is 0 Å². The quantitative estimate of drug-likeness (QED) is 0.534. The van der Waals surface area contributed by atoms with Gasteiger partial charge in [0.25, 0.3) is 0 Å². The molecule has 1 aliphatic rings. The normalized spacial score (nSPS) is 16.7. The predicted molar refractivity (Wildman–Crippen MR) is 123 cm³/mol. The summed E-state index contributed by atoms with van der Waals surface area (Å²) < 4.78 is 46.9. The molecular formula is C25H32F3N3O3. The Balaban J connectivity index is 1.72. The number of aromatic hydroxyl groups is 1. The molecule has 0 spiro atoms. The van der Waals surface area contributed by atoms with Crippen LogP contribution in [0.2, 0.25) is 0 Å². The van der Waals surface area contributed by atoms with E-state index in [0.29, 0.717) is 24.4 Å². The van der Waals surface area contributed by atoms with Crippen LogP contribution < -0.4 is 10.1 Å². The molecule has 0 bridgehead atoms. The van der Waals surface area contributed by atoms with E-state index in [0.717, 1.165) is 11.1 Å². The van der Waals surface area contributed by atoms with E-state index in [4.69, 9.17) is 4.74 Å². The van der Waals surface area contributed by atoms with E-state index in [1.807, 2.05) is 32.0 Å². The number of methoxy groups -OCH3 is 1. The number of hydrogen-bond acceptors (Lipinski definition) is 5. The first-order chi connectivity index (χ1) is 16.0. The summed E-state index contributed by atoms with van der Waals surface area (Å²) in [5, 5.41) is 12.5. The molecule has 1 unspecified atom stereocenters. The molecule has 2 N–H and O–H groups in total. The Morgan fingerprint density at radius 1 is 1.26 bits per heavy atom. The molecule has 9 heteroatoms. The first-order valence-electron chi connectivity index (χ1n) is 11.2. The fourth-order valence-corrected chi connectivity index (χ4v) is 4.40. The Morgan fingerprint density at radius 2 is 1.97 bits per heavy atom. The summed E-state index contributed by atoms with van der Waals surface area (Å²) in [7, 11) is 5.22. The van der Waals surface area contributed by atoms with Crippen molar-refractivity contribution >= 4 is 5.91 Å². The van der Waals surface area contributed by atoms with Crippen LogP contribution in [0.1, 0.15) is 41.9 Å². The molecule has 2 aromatic rings. The molecule has 1 aromatic heterocycles. The number of halogens is 3. The number of pyridine rings is 1. The summed E-state index contributed by atoms with van der Waals surface area (Å²) in [4.78, 5) is 18.9. The van der Waals surface area contributed by atoms with Crippen LogP contribution in [0.5, 0.6) is 11.6 Å². The Morgan fingerprint density at radius 3 is 2.47 bits per heavy atom. The van der Waals surface area contributed by atoms with E-state index in [1.54, 1.807) is 18.2 Å². The molecule has 1 aliphatic carbocycles. The summed E-state index contributed by atoms with van der Waals surface area (Å²) in [6.07, 6.45) is -2.68. The van der Waals surface area contributed by atoms with Gasteiger partial charge < -0.3 is 20.1 Å². The third-order valence-electron chi connectivity index (χ3n) is 6.83. The van der Waals surface area contributed by atoms with E-state index in [1.165, 1.54) is 19.4 Å². The Kier molecular flexibility index (Phi) is 7.75. The van der Waals surface area contributed by atoms with E-state index >= 15 is 0 Å². The van der Waals surface area contributed by atoms with E-state index in [2.05, 4.69) is 10.3 Å². The van der Waals surface area contributed by atoms with E-state index in [9.17, 15) is 23.1 Å². The molecule has 0 aliphatic heterocycles. The monoisotopic (exact) mass is 479 g/mol. The first-order valence-corrected chi connectivity index (χ1v) is 11.2. The van der Waals surface area contributed by atoms with Gasteiger partial charge >= 0.3 is 6.18 Å². The third kappa shape index (κ3) is 5.81. The number of carbonyl (C=O) groups is 1. The number of rotatable bonds is 10. The van der Waals surface area contributed by atoms with Gasteiger partial charge in [0, 0.05) is 37.2 Å². The van der Waals surface area contributed by atoms with Crippen molar-refractivity contribution in [3.8, 4) is 11.6 Å². The molecular weight excluding hydrogens is 447 g/mol. The number of benzene rings is 1. The van der Waals surface area contributed by atoms with Crippen LogP contribution in [-0.2, 0) is 11.2 Å². The number of likely N-dealkylation sites (N-methyl/N-ethyl adjacent to an activating group) is 1. The number of phenolic OH excluding ortho intramolecular Hbond substituents is 1. The molecule has 0 radical (unpaired) electrons. The molecule has 1 fully saturated rings. The summed E-state index contributed by atoms with van der Waals surface area (Å²) >= 11 is 0. The summed E-state index contributed by atoms with van der Waals surface area (Å²) in [5.74, 6) is -0.940. The van der Waals surface area contributed by atoms with Crippen molar-refractivity contribution in [1.82, 2.24) is 15.2 Å². The fraction of sp³-hybridized carbons (Fsp3) is 0.520. The number of ether oxygens (including phenoxy) is 1. The summed E-state index contributed by atoms with van der Waals surface area (Å²) in [6.45, 7) is 2.19. The van der Waals surface area contributed by atoms with Crippen molar-refractivity contribution in [3.05, 3.63) is 53.2 Å². The zero-order valence-electron chi connectivity index (χ0n) is 19.9. The number of nitrogens with one attached hydrogen (secondary N) is 1. The molecule has 0 saturated heterocycles. The van der Waals surface area contributed by atoms with E-state index < -0.39 is 23.4 Å². The lowest BCUT2D eigenvalue weighted by atomic mass is 9.80. The van der Waals surface area contributed by atoms with Crippen molar-refractivity contribution < 1.29 is 27.8 Å². The predicted octanol–water partition coefficient (Wildman–Crippen LogP) is 4.21. The van der Waals surface area contributed by atoms with Crippen LogP contribution >= 0.6 is 0 Å². The van der Waals surface area contributed by atoms with Crippen molar-refractivity contribution in [2.45, 2.75) is 50.7 Å². The number of nitrogens with zero attached hydrogens (tertiary/aromatic N) is 2. The first kappa shape index (κ1) is 25.8. The second-order valence-corrected chi connectivity index (χ2v) is 9.28. The largest absolute Gasteiger partial charge is 0.508 e. The van der Waals surface area contributed by atoms with Crippen LogP contribution in [0.3, 0.4) is 0 Å². The average molecular weight is 480 g/mol. The second kappa shape index (κ2) is 10.2. The lowest BCUT2D eigenvalue weighted by molar-refractivity contribution is -0.194. The number of hydrogen-bond donors (Lipinski definition) is 2. The maximum absolute atomic E-state index is 14.0. The number of amides is 1. The molecule has 186 valence electrons. The van der Waals surface area contributed by atoms with Gasteiger partial charge in [0.05, 0.1) is 12.5 Å². The van der Waals surface area contributed by atoms with Gasteiger partial charge in [-0.15, -0.1) is 0 Å². The zero-order valence-corrected chi connectivity index (χ0v) is 19.9. The topological polar surface area (TPSA) is 74.7 Å². The highest BCUT2D eigenvalue weighted by molar-refractivity contribution is 5.77. The molecule has 6 nitrogen and oxygen atoms in total. The number of aromatic nitrogens is 1. The van der Waals surface area contributed by atoms with Gasteiger partial charge in [0.2, 0.25) is 11.8 Å². The third-order valence-corrected chi connectivity index (χ3v) is 6.83. The van der Waals surface area contributed by atoms with Crippen LogP contribution in [0, 0.1) is 12.3 Å². The minimum Gasteiger partial charge on any atom is -0.508 e. The maximum atomic E-state index is 14.0. The van der Waals surface area contributed by atoms with Crippen molar-refractivity contribution in [2.75, 3.05) is 27.7 Å².